The highest BCUT2D eigenvalue weighted by Crippen LogP contribution is 2.40. The van der Waals surface area contributed by atoms with Crippen LogP contribution in [0.5, 0.6) is 17.2 Å². The van der Waals surface area contributed by atoms with Crippen molar-refractivity contribution in [2.45, 2.75) is 20.0 Å². The van der Waals surface area contributed by atoms with Crippen molar-refractivity contribution in [3.05, 3.63) is 60.0 Å². The number of aromatic nitrogens is 1. The van der Waals surface area contributed by atoms with E-state index in [1.165, 1.54) is 5.56 Å². The molecule has 0 spiro atoms. The summed E-state index contributed by atoms with van der Waals surface area (Å²) < 4.78 is 21.9. The van der Waals surface area contributed by atoms with E-state index in [1.54, 1.807) is 27.6 Å². The molecule has 0 fully saturated rings. The molecule has 0 unspecified atom stereocenters. The van der Waals surface area contributed by atoms with Crippen LogP contribution in [0.25, 0.3) is 11.5 Å². The van der Waals surface area contributed by atoms with E-state index < -0.39 is 0 Å². The molecule has 148 valence electrons. The Hall–Kier alpha value is -2.99. The molecule has 0 saturated carbocycles. The summed E-state index contributed by atoms with van der Waals surface area (Å²) in [5, 5.41) is 0. The van der Waals surface area contributed by atoms with Crippen LogP contribution < -0.4 is 14.2 Å². The van der Waals surface area contributed by atoms with Crippen LogP contribution in [0.4, 0.5) is 0 Å². The van der Waals surface area contributed by atoms with Gasteiger partial charge in [-0.25, -0.2) is 4.98 Å². The van der Waals surface area contributed by atoms with Crippen molar-refractivity contribution >= 4 is 0 Å². The Kier molecular flexibility index (Phi) is 6.55. The van der Waals surface area contributed by atoms with Gasteiger partial charge in [0.2, 0.25) is 11.6 Å². The number of oxazole rings is 1. The summed E-state index contributed by atoms with van der Waals surface area (Å²) in [5.74, 6) is 2.19. The Morgan fingerprint density at radius 3 is 2.18 bits per heavy atom. The molecule has 0 atom stereocenters. The molecule has 0 bridgehead atoms. The zero-order chi connectivity index (χ0) is 19.9. The molecule has 3 aromatic rings. The third kappa shape index (κ3) is 4.46. The second-order valence-electron chi connectivity index (χ2n) is 6.35. The van der Waals surface area contributed by atoms with Crippen molar-refractivity contribution in [1.82, 2.24) is 9.88 Å². The van der Waals surface area contributed by atoms with E-state index in [4.69, 9.17) is 18.6 Å². The fourth-order valence-electron chi connectivity index (χ4n) is 3.07. The number of methoxy groups -OCH3 is 3. The highest BCUT2D eigenvalue weighted by atomic mass is 16.5. The third-order valence-corrected chi connectivity index (χ3v) is 4.55. The van der Waals surface area contributed by atoms with Crippen LogP contribution in [-0.2, 0) is 13.1 Å². The molecular weight excluding hydrogens is 356 g/mol. The monoisotopic (exact) mass is 382 g/mol. The molecule has 28 heavy (non-hydrogen) atoms. The van der Waals surface area contributed by atoms with Gasteiger partial charge in [0.1, 0.15) is 6.26 Å². The van der Waals surface area contributed by atoms with Crippen molar-refractivity contribution in [3.63, 3.8) is 0 Å². The summed E-state index contributed by atoms with van der Waals surface area (Å²) in [6.07, 6.45) is 1.70. The SMILES string of the molecule is CCN(Cc1ccccc1)Cc1coc(-c2cc(OC)c(OC)c(OC)c2)n1. The van der Waals surface area contributed by atoms with E-state index in [-0.39, 0.29) is 0 Å². The number of hydrogen-bond donors (Lipinski definition) is 0. The second kappa shape index (κ2) is 9.28. The Balaban J connectivity index is 1.79. The topological polar surface area (TPSA) is 57.0 Å². The zero-order valence-corrected chi connectivity index (χ0v) is 16.8. The first-order valence-electron chi connectivity index (χ1n) is 9.19. The number of rotatable bonds is 9. The van der Waals surface area contributed by atoms with Crippen molar-refractivity contribution in [3.8, 4) is 28.7 Å². The molecule has 0 amide bonds. The van der Waals surface area contributed by atoms with Gasteiger partial charge in [0, 0.05) is 18.7 Å². The van der Waals surface area contributed by atoms with Crippen molar-refractivity contribution < 1.29 is 18.6 Å². The van der Waals surface area contributed by atoms with Gasteiger partial charge in [-0.3, -0.25) is 4.90 Å². The Morgan fingerprint density at radius 2 is 1.61 bits per heavy atom. The van der Waals surface area contributed by atoms with Gasteiger partial charge >= 0.3 is 0 Å². The minimum Gasteiger partial charge on any atom is -0.493 e. The van der Waals surface area contributed by atoms with Crippen LogP contribution in [0.2, 0.25) is 0 Å². The molecule has 0 N–H and O–H groups in total. The highest BCUT2D eigenvalue weighted by molar-refractivity contribution is 5.65. The average molecular weight is 382 g/mol. The van der Waals surface area contributed by atoms with Crippen LogP contribution in [-0.4, -0.2) is 37.8 Å². The first-order valence-corrected chi connectivity index (χ1v) is 9.19. The normalized spacial score (nSPS) is 10.9. The smallest absolute Gasteiger partial charge is 0.226 e. The highest BCUT2D eigenvalue weighted by Gasteiger charge is 2.17. The molecule has 0 aliphatic heterocycles. The lowest BCUT2D eigenvalue weighted by Gasteiger charge is -2.18. The van der Waals surface area contributed by atoms with E-state index in [0.29, 0.717) is 29.7 Å². The van der Waals surface area contributed by atoms with Crippen LogP contribution >= 0.6 is 0 Å². The van der Waals surface area contributed by atoms with E-state index in [9.17, 15) is 0 Å². The van der Waals surface area contributed by atoms with Crippen LogP contribution in [0, 0.1) is 0 Å². The minimum absolute atomic E-state index is 0.519. The zero-order valence-electron chi connectivity index (χ0n) is 16.8. The number of ether oxygens (including phenoxy) is 3. The van der Waals surface area contributed by atoms with Gasteiger partial charge in [-0.2, -0.15) is 0 Å². The number of hydrogen-bond acceptors (Lipinski definition) is 6. The maximum atomic E-state index is 5.73. The molecule has 0 radical (unpaired) electrons. The first-order chi connectivity index (χ1) is 13.7. The molecule has 6 nitrogen and oxygen atoms in total. The fraction of sp³-hybridized carbons (Fsp3) is 0.318. The number of nitrogens with zero attached hydrogens (tertiary/aromatic N) is 2. The Morgan fingerprint density at radius 1 is 0.929 bits per heavy atom. The molecule has 2 aromatic carbocycles. The lowest BCUT2D eigenvalue weighted by molar-refractivity contribution is 0.268. The van der Waals surface area contributed by atoms with E-state index in [0.717, 1.165) is 24.3 Å². The third-order valence-electron chi connectivity index (χ3n) is 4.55. The van der Waals surface area contributed by atoms with Gasteiger partial charge in [-0.1, -0.05) is 37.3 Å². The predicted molar refractivity (Wildman–Crippen MR) is 108 cm³/mol. The molecule has 1 heterocycles. The summed E-state index contributed by atoms with van der Waals surface area (Å²) in [6, 6.07) is 14.1. The summed E-state index contributed by atoms with van der Waals surface area (Å²) in [5.41, 5.74) is 2.92. The molecule has 3 rings (SSSR count). The lowest BCUT2D eigenvalue weighted by atomic mass is 10.2. The maximum absolute atomic E-state index is 5.73. The van der Waals surface area contributed by atoms with E-state index in [1.807, 2.05) is 18.2 Å². The summed E-state index contributed by atoms with van der Waals surface area (Å²) in [7, 11) is 4.75. The summed E-state index contributed by atoms with van der Waals surface area (Å²) in [6.45, 7) is 4.63. The average Bonchev–Trinajstić information content (AvgIpc) is 3.21. The van der Waals surface area contributed by atoms with Crippen LogP contribution in [0.3, 0.4) is 0 Å². The van der Waals surface area contributed by atoms with Crippen molar-refractivity contribution in [2.24, 2.45) is 0 Å². The Labute approximate surface area is 165 Å². The first kappa shape index (κ1) is 19.8. The largest absolute Gasteiger partial charge is 0.493 e. The van der Waals surface area contributed by atoms with Crippen LogP contribution in [0.15, 0.2) is 53.1 Å². The van der Waals surface area contributed by atoms with Gasteiger partial charge in [0.25, 0.3) is 0 Å². The van der Waals surface area contributed by atoms with Gasteiger partial charge in [0.05, 0.1) is 27.0 Å². The fourth-order valence-corrected chi connectivity index (χ4v) is 3.07. The van der Waals surface area contributed by atoms with Gasteiger partial charge in [0.15, 0.2) is 11.5 Å². The predicted octanol–water partition coefficient (Wildman–Crippen LogP) is 4.39. The molecular formula is C22H26N2O4. The van der Waals surface area contributed by atoms with E-state index in [2.05, 4.69) is 41.1 Å². The van der Waals surface area contributed by atoms with Gasteiger partial charge in [-0.05, 0) is 24.2 Å². The van der Waals surface area contributed by atoms with Crippen LogP contribution in [0.1, 0.15) is 18.2 Å². The lowest BCUT2D eigenvalue weighted by Crippen LogP contribution is -2.22. The molecule has 0 aliphatic carbocycles. The molecule has 0 aliphatic rings. The van der Waals surface area contributed by atoms with E-state index >= 15 is 0 Å². The quantitative estimate of drug-likeness (QED) is 0.547. The molecule has 1 aromatic heterocycles. The summed E-state index contributed by atoms with van der Waals surface area (Å²) in [4.78, 5) is 6.97. The Bertz CT molecular complexity index is 868. The van der Waals surface area contributed by atoms with Crippen molar-refractivity contribution in [1.29, 1.82) is 0 Å². The number of benzene rings is 2. The standard InChI is InChI=1S/C22H26N2O4/c1-5-24(13-16-9-7-6-8-10-16)14-18-15-28-22(23-18)17-11-19(25-2)21(27-4)20(12-17)26-3/h6-12,15H,5,13-14H2,1-4H3. The van der Waals surface area contributed by atoms with Crippen molar-refractivity contribution in [2.75, 3.05) is 27.9 Å². The second-order valence-corrected chi connectivity index (χ2v) is 6.35. The van der Waals surface area contributed by atoms with Gasteiger partial charge < -0.3 is 18.6 Å². The molecule has 6 heteroatoms. The van der Waals surface area contributed by atoms with Gasteiger partial charge in [-0.15, -0.1) is 0 Å². The minimum atomic E-state index is 0.519. The maximum Gasteiger partial charge on any atom is 0.226 e. The summed E-state index contributed by atoms with van der Waals surface area (Å²) >= 11 is 0. The molecule has 0 saturated heterocycles.